The zero-order valence-corrected chi connectivity index (χ0v) is 20.9. The summed E-state index contributed by atoms with van der Waals surface area (Å²) in [5.74, 6) is 1.12. The Morgan fingerprint density at radius 3 is 2.27 bits per heavy atom. The van der Waals surface area contributed by atoms with E-state index in [0.29, 0.717) is 26.1 Å². The van der Waals surface area contributed by atoms with Crippen LogP contribution in [-0.4, -0.2) is 42.1 Å². The Bertz CT molecular complexity index is 1320. The van der Waals surface area contributed by atoms with Crippen LogP contribution < -0.4 is 4.74 Å². The van der Waals surface area contributed by atoms with E-state index in [4.69, 9.17) is 9.47 Å². The Labute approximate surface area is 217 Å². The van der Waals surface area contributed by atoms with Crippen molar-refractivity contribution >= 4 is 11.9 Å². The maximum absolute atomic E-state index is 13.5. The van der Waals surface area contributed by atoms with Crippen LogP contribution in [0.1, 0.15) is 65.1 Å². The smallest absolute Gasteiger partial charge is 0.410 e. The van der Waals surface area contributed by atoms with E-state index in [2.05, 4.69) is 48.5 Å². The highest BCUT2D eigenvalue weighted by Crippen LogP contribution is 2.45. The topological polar surface area (TPSA) is 55.8 Å². The number of rotatable bonds is 4. The van der Waals surface area contributed by atoms with Crippen LogP contribution in [0.5, 0.6) is 5.75 Å². The summed E-state index contributed by atoms with van der Waals surface area (Å²) in [5, 5.41) is 0. The lowest BCUT2D eigenvalue weighted by molar-refractivity contribution is 0.00651. The summed E-state index contributed by atoms with van der Waals surface area (Å²) < 4.78 is 11.6. The lowest BCUT2D eigenvalue weighted by Gasteiger charge is -2.47. The molecule has 5 nitrogen and oxygen atoms in total. The van der Waals surface area contributed by atoms with Gasteiger partial charge in [-0.3, -0.25) is 4.79 Å². The van der Waals surface area contributed by atoms with Gasteiger partial charge < -0.3 is 14.4 Å². The number of fused-ring (bicyclic) bond motifs is 6. The fourth-order valence-electron chi connectivity index (χ4n) is 7.14. The monoisotopic (exact) mass is 493 g/mol. The number of carbonyl (C=O) groups excluding carboxylic acids is 2. The molecule has 0 aromatic heterocycles. The number of amides is 1. The van der Waals surface area contributed by atoms with Crippen molar-refractivity contribution in [3.8, 4) is 16.9 Å². The molecule has 3 heterocycles. The summed E-state index contributed by atoms with van der Waals surface area (Å²) in [4.78, 5) is 28.9. The van der Waals surface area contributed by atoms with E-state index in [0.717, 1.165) is 42.6 Å². The molecular formula is C32H31NO4. The molecule has 37 heavy (non-hydrogen) atoms. The predicted octanol–water partition coefficient (Wildman–Crippen LogP) is 6.39. The zero-order valence-electron chi connectivity index (χ0n) is 20.9. The summed E-state index contributed by atoms with van der Waals surface area (Å²) in [7, 11) is 0. The number of ketones is 1. The number of piperidine rings is 2. The number of hydrogen-bond acceptors (Lipinski definition) is 4. The first kappa shape index (κ1) is 22.6. The second kappa shape index (κ2) is 9.05. The fraction of sp³-hybridized carbons (Fsp3) is 0.375. The Morgan fingerprint density at radius 1 is 0.892 bits per heavy atom. The van der Waals surface area contributed by atoms with Gasteiger partial charge in [0.05, 0.1) is 6.61 Å². The van der Waals surface area contributed by atoms with Crippen LogP contribution in [0.4, 0.5) is 4.79 Å². The van der Waals surface area contributed by atoms with Gasteiger partial charge in [0.1, 0.15) is 12.4 Å². The maximum atomic E-state index is 13.5. The first-order valence-corrected chi connectivity index (χ1v) is 13.6. The van der Waals surface area contributed by atoms with Crippen LogP contribution in [0.3, 0.4) is 0 Å². The molecule has 188 valence electrons. The normalized spacial score (nSPS) is 23.6. The van der Waals surface area contributed by atoms with E-state index in [9.17, 15) is 9.59 Å². The number of hydrogen-bond donors (Lipinski definition) is 0. The third kappa shape index (κ3) is 3.83. The number of benzene rings is 3. The summed E-state index contributed by atoms with van der Waals surface area (Å²) in [5.41, 5.74) is 6.81. The van der Waals surface area contributed by atoms with Crippen molar-refractivity contribution in [2.75, 3.05) is 13.2 Å². The SMILES string of the molecule is O=C(c1ccc2c(c1)CCO2)C1CC2CCCC(C1)N2C(=O)OCC1c2ccccc2-c2ccccc21. The average Bonchev–Trinajstić information content (AvgIpc) is 3.53. The van der Waals surface area contributed by atoms with Gasteiger partial charge in [-0.15, -0.1) is 0 Å². The molecule has 2 unspecified atom stereocenters. The molecule has 2 bridgehead atoms. The molecule has 0 radical (unpaired) electrons. The van der Waals surface area contributed by atoms with Gasteiger partial charge in [-0.2, -0.15) is 0 Å². The molecule has 1 aliphatic carbocycles. The van der Waals surface area contributed by atoms with Gasteiger partial charge in [0.2, 0.25) is 0 Å². The van der Waals surface area contributed by atoms with Gasteiger partial charge in [-0.25, -0.2) is 4.79 Å². The van der Waals surface area contributed by atoms with E-state index in [1.165, 1.54) is 22.3 Å². The van der Waals surface area contributed by atoms with Crippen molar-refractivity contribution in [1.82, 2.24) is 4.90 Å². The van der Waals surface area contributed by atoms with Crippen LogP contribution in [0.15, 0.2) is 66.7 Å². The Hall–Kier alpha value is -3.60. The average molecular weight is 494 g/mol. The number of nitrogens with zero attached hydrogens (tertiary/aromatic N) is 1. The standard InChI is InChI=1S/C32H31NO4/c34-31(21-12-13-30-20(16-21)14-15-36-30)22-17-23-6-5-7-24(18-22)33(23)32(35)37-19-29-27-10-3-1-8-25(27)26-9-2-4-11-28(26)29/h1-4,8-13,16,22-24,29H,5-7,14-15,17-19H2. The molecule has 3 aromatic rings. The van der Waals surface area contributed by atoms with Crippen molar-refractivity contribution < 1.29 is 19.1 Å². The van der Waals surface area contributed by atoms with Crippen molar-refractivity contribution in [3.05, 3.63) is 89.0 Å². The summed E-state index contributed by atoms with van der Waals surface area (Å²) >= 11 is 0. The summed E-state index contributed by atoms with van der Waals surface area (Å²) in [6.45, 7) is 1.03. The van der Waals surface area contributed by atoms with Crippen molar-refractivity contribution in [2.45, 2.75) is 56.5 Å². The van der Waals surface area contributed by atoms with Gasteiger partial charge in [0, 0.05) is 35.9 Å². The Morgan fingerprint density at radius 2 is 1.57 bits per heavy atom. The molecular weight excluding hydrogens is 462 g/mol. The fourth-order valence-corrected chi connectivity index (χ4v) is 7.14. The Balaban J connectivity index is 1.06. The highest BCUT2D eigenvalue weighted by atomic mass is 16.6. The molecule has 5 heteroatoms. The lowest BCUT2D eigenvalue weighted by Crippen LogP contribution is -2.55. The largest absolute Gasteiger partial charge is 0.493 e. The summed E-state index contributed by atoms with van der Waals surface area (Å²) in [6.07, 6.45) is 5.03. The van der Waals surface area contributed by atoms with Crippen LogP contribution in [-0.2, 0) is 11.2 Å². The van der Waals surface area contributed by atoms with E-state index >= 15 is 0 Å². The third-order valence-corrected chi connectivity index (χ3v) is 8.87. The lowest BCUT2D eigenvalue weighted by atomic mass is 9.75. The van der Waals surface area contributed by atoms with Gasteiger partial charge >= 0.3 is 6.09 Å². The van der Waals surface area contributed by atoms with Crippen LogP contribution in [0, 0.1) is 5.92 Å². The van der Waals surface area contributed by atoms with E-state index in [1.54, 1.807) is 0 Å². The van der Waals surface area contributed by atoms with Crippen LogP contribution in [0.25, 0.3) is 11.1 Å². The highest BCUT2D eigenvalue weighted by molar-refractivity contribution is 5.98. The highest BCUT2D eigenvalue weighted by Gasteiger charge is 2.44. The van der Waals surface area contributed by atoms with E-state index < -0.39 is 0 Å². The summed E-state index contributed by atoms with van der Waals surface area (Å²) in [6, 6.07) is 22.8. The molecule has 0 spiro atoms. The maximum Gasteiger partial charge on any atom is 0.410 e. The second-order valence-electron chi connectivity index (χ2n) is 10.9. The van der Waals surface area contributed by atoms with Crippen molar-refractivity contribution in [2.24, 2.45) is 5.92 Å². The van der Waals surface area contributed by atoms with Gasteiger partial charge in [0.25, 0.3) is 0 Å². The minimum atomic E-state index is -0.225. The number of carbonyl (C=O) groups is 2. The molecule has 7 rings (SSSR count). The third-order valence-electron chi connectivity index (χ3n) is 8.87. The van der Waals surface area contributed by atoms with Crippen molar-refractivity contribution in [1.29, 1.82) is 0 Å². The molecule has 0 saturated carbocycles. The van der Waals surface area contributed by atoms with Gasteiger partial charge in [-0.1, -0.05) is 48.5 Å². The van der Waals surface area contributed by atoms with Gasteiger partial charge in [-0.05, 0) is 78.1 Å². The van der Waals surface area contributed by atoms with Crippen LogP contribution >= 0.6 is 0 Å². The Kier molecular flexibility index (Phi) is 5.53. The first-order valence-electron chi connectivity index (χ1n) is 13.6. The molecule has 3 aliphatic heterocycles. The number of ether oxygens (including phenoxy) is 2. The molecule has 4 aliphatic rings. The molecule has 2 saturated heterocycles. The second-order valence-corrected chi connectivity index (χ2v) is 10.9. The number of Topliss-reactive ketones (excluding diaryl/α,β-unsaturated/α-hetero) is 1. The van der Waals surface area contributed by atoms with E-state index in [-0.39, 0.29) is 35.8 Å². The van der Waals surface area contributed by atoms with Crippen LogP contribution in [0.2, 0.25) is 0 Å². The quantitative estimate of drug-likeness (QED) is 0.396. The van der Waals surface area contributed by atoms with Gasteiger partial charge in [0.15, 0.2) is 5.78 Å². The molecule has 3 aromatic carbocycles. The molecule has 2 fully saturated rings. The first-order chi connectivity index (χ1) is 18.2. The molecule has 2 atom stereocenters. The minimum Gasteiger partial charge on any atom is -0.493 e. The predicted molar refractivity (Wildman–Crippen MR) is 141 cm³/mol. The molecule has 1 amide bonds. The van der Waals surface area contributed by atoms with E-state index in [1.807, 2.05) is 23.1 Å². The zero-order chi connectivity index (χ0) is 24.9. The minimum absolute atomic E-state index is 0.0479. The van der Waals surface area contributed by atoms with Crippen molar-refractivity contribution in [3.63, 3.8) is 0 Å². The molecule has 0 N–H and O–H groups in total.